The van der Waals surface area contributed by atoms with Gasteiger partial charge in [0.25, 0.3) is 5.91 Å². The molecular formula is C23H16Cl2N2O. The molecule has 1 aliphatic rings. The van der Waals surface area contributed by atoms with Crippen molar-refractivity contribution in [1.82, 2.24) is 4.90 Å². The molecule has 0 aromatic heterocycles. The van der Waals surface area contributed by atoms with Crippen LogP contribution < -0.4 is 0 Å². The highest BCUT2D eigenvalue weighted by Gasteiger charge is 2.48. The molecule has 1 amide bonds. The number of amides is 1. The molecule has 0 spiro atoms. The number of nitriles is 1. The summed E-state index contributed by atoms with van der Waals surface area (Å²) in [4.78, 5) is 15.1. The lowest BCUT2D eigenvalue weighted by molar-refractivity contribution is 0.0630. The molecule has 0 bridgehead atoms. The highest BCUT2D eigenvalue weighted by molar-refractivity contribution is 6.32. The molecule has 0 fully saturated rings. The molecule has 1 heterocycles. The Morgan fingerprint density at radius 2 is 1.68 bits per heavy atom. The number of benzene rings is 3. The van der Waals surface area contributed by atoms with E-state index in [0.29, 0.717) is 27.7 Å². The van der Waals surface area contributed by atoms with E-state index in [1.807, 2.05) is 60.4 Å². The molecule has 1 aliphatic heterocycles. The molecule has 3 aromatic carbocycles. The lowest BCUT2D eigenvalue weighted by atomic mass is 9.84. The van der Waals surface area contributed by atoms with Crippen molar-refractivity contribution < 1.29 is 4.79 Å². The minimum atomic E-state index is -0.733. The molecule has 0 N–H and O–H groups in total. The average molecular weight is 407 g/mol. The van der Waals surface area contributed by atoms with Crippen molar-refractivity contribution in [2.24, 2.45) is 0 Å². The van der Waals surface area contributed by atoms with Crippen LogP contribution in [0.2, 0.25) is 10.0 Å². The van der Waals surface area contributed by atoms with Crippen molar-refractivity contribution in [2.75, 3.05) is 0 Å². The van der Waals surface area contributed by atoms with E-state index in [1.54, 1.807) is 18.2 Å². The highest BCUT2D eigenvalue weighted by Crippen LogP contribution is 2.47. The molecule has 0 radical (unpaired) electrons. The van der Waals surface area contributed by atoms with Gasteiger partial charge in [0.05, 0.1) is 17.2 Å². The molecule has 0 aliphatic carbocycles. The van der Waals surface area contributed by atoms with Crippen LogP contribution in [0.3, 0.4) is 0 Å². The first-order chi connectivity index (χ1) is 13.4. The second kappa shape index (κ2) is 6.98. The van der Waals surface area contributed by atoms with E-state index < -0.39 is 5.54 Å². The van der Waals surface area contributed by atoms with Crippen molar-refractivity contribution in [2.45, 2.75) is 19.0 Å². The van der Waals surface area contributed by atoms with Gasteiger partial charge in [0.15, 0.2) is 0 Å². The van der Waals surface area contributed by atoms with Crippen LogP contribution in [0.4, 0.5) is 0 Å². The third-order valence-corrected chi connectivity index (χ3v) is 5.91. The largest absolute Gasteiger partial charge is 0.321 e. The topological polar surface area (TPSA) is 44.1 Å². The van der Waals surface area contributed by atoms with Gasteiger partial charge in [0, 0.05) is 27.7 Å². The van der Waals surface area contributed by atoms with Gasteiger partial charge >= 0.3 is 0 Å². The zero-order valence-corrected chi connectivity index (χ0v) is 16.6. The number of hydrogen-bond acceptors (Lipinski definition) is 2. The molecule has 4 rings (SSSR count). The van der Waals surface area contributed by atoms with Crippen LogP contribution in [0.1, 0.15) is 39.5 Å². The lowest BCUT2D eigenvalue weighted by Gasteiger charge is -2.37. The number of carbonyl (C=O) groups is 1. The molecule has 0 saturated heterocycles. The Morgan fingerprint density at radius 3 is 2.32 bits per heavy atom. The van der Waals surface area contributed by atoms with Gasteiger partial charge in [-0.2, -0.15) is 5.26 Å². The number of carbonyl (C=O) groups excluding carboxylic acids is 1. The van der Waals surface area contributed by atoms with Crippen molar-refractivity contribution in [3.63, 3.8) is 0 Å². The number of nitrogens with zero attached hydrogens (tertiary/aromatic N) is 2. The Kier molecular flexibility index (Phi) is 4.63. The monoisotopic (exact) mass is 406 g/mol. The van der Waals surface area contributed by atoms with Crippen LogP contribution >= 0.6 is 23.2 Å². The fourth-order valence-electron chi connectivity index (χ4n) is 3.85. The van der Waals surface area contributed by atoms with Crippen LogP contribution in [-0.4, -0.2) is 10.8 Å². The Bertz CT molecular complexity index is 1100. The third kappa shape index (κ3) is 2.86. The summed E-state index contributed by atoms with van der Waals surface area (Å²) >= 11 is 12.7. The lowest BCUT2D eigenvalue weighted by Crippen LogP contribution is -2.42. The van der Waals surface area contributed by atoms with Crippen LogP contribution in [-0.2, 0) is 12.1 Å². The first-order valence-electron chi connectivity index (χ1n) is 8.81. The van der Waals surface area contributed by atoms with Gasteiger partial charge in [-0.25, -0.2) is 0 Å². The van der Waals surface area contributed by atoms with E-state index in [-0.39, 0.29) is 5.91 Å². The van der Waals surface area contributed by atoms with Gasteiger partial charge in [-0.05, 0) is 54.4 Å². The molecule has 0 saturated carbocycles. The molecule has 3 aromatic rings. The maximum atomic E-state index is 13.3. The Balaban J connectivity index is 1.86. The van der Waals surface area contributed by atoms with Gasteiger partial charge in [-0.3, -0.25) is 4.79 Å². The minimum absolute atomic E-state index is 0.0701. The van der Waals surface area contributed by atoms with Gasteiger partial charge in [0.1, 0.15) is 0 Å². The normalized spacial score (nSPS) is 18.1. The summed E-state index contributed by atoms with van der Waals surface area (Å²) < 4.78 is 0. The van der Waals surface area contributed by atoms with E-state index >= 15 is 0 Å². The van der Waals surface area contributed by atoms with Gasteiger partial charge in [-0.1, -0.05) is 53.5 Å². The second-order valence-corrected chi connectivity index (χ2v) is 7.79. The van der Waals surface area contributed by atoms with Gasteiger partial charge < -0.3 is 4.90 Å². The quantitative estimate of drug-likeness (QED) is 0.552. The molecule has 138 valence electrons. The molecule has 1 atom stereocenters. The number of hydrogen-bond donors (Lipinski definition) is 0. The van der Waals surface area contributed by atoms with Gasteiger partial charge in [0.2, 0.25) is 0 Å². The number of halogens is 2. The third-order valence-electron chi connectivity index (χ3n) is 5.35. The first kappa shape index (κ1) is 18.6. The van der Waals surface area contributed by atoms with E-state index in [2.05, 4.69) is 6.07 Å². The predicted molar refractivity (Wildman–Crippen MR) is 110 cm³/mol. The summed E-state index contributed by atoms with van der Waals surface area (Å²) in [7, 11) is 0. The molecule has 3 nitrogen and oxygen atoms in total. The zero-order chi connectivity index (χ0) is 19.9. The minimum Gasteiger partial charge on any atom is -0.321 e. The Morgan fingerprint density at radius 1 is 1.00 bits per heavy atom. The Labute approximate surface area is 173 Å². The molecular weight excluding hydrogens is 391 g/mol. The fraction of sp³-hybridized carbons (Fsp3) is 0.130. The first-order valence-corrected chi connectivity index (χ1v) is 9.57. The summed E-state index contributed by atoms with van der Waals surface area (Å²) in [6.07, 6.45) is 0. The van der Waals surface area contributed by atoms with Crippen LogP contribution in [0, 0.1) is 11.3 Å². The van der Waals surface area contributed by atoms with Crippen LogP contribution in [0.5, 0.6) is 0 Å². The average Bonchev–Trinajstić information content (AvgIpc) is 2.93. The molecule has 28 heavy (non-hydrogen) atoms. The second-order valence-electron chi connectivity index (χ2n) is 6.94. The fourth-order valence-corrected chi connectivity index (χ4v) is 4.34. The van der Waals surface area contributed by atoms with Crippen LogP contribution in [0.25, 0.3) is 0 Å². The summed E-state index contributed by atoms with van der Waals surface area (Å²) in [5.74, 6) is -0.0701. The van der Waals surface area contributed by atoms with E-state index in [1.165, 1.54) is 0 Å². The SMILES string of the molecule is CC1(c2ccc(Cl)cc2)c2c(Cl)cccc2C(=O)N1Cc1ccc(C#N)cc1. The Hall–Kier alpha value is -2.80. The van der Waals surface area contributed by atoms with Crippen molar-refractivity contribution in [1.29, 1.82) is 5.26 Å². The van der Waals surface area contributed by atoms with Crippen molar-refractivity contribution >= 4 is 29.1 Å². The molecule has 1 unspecified atom stereocenters. The summed E-state index contributed by atoms with van der Waals surface area (Å²) in [5, 5.41) is 10.2. The van der Waals surface area contributed by atoms with E-state index in [4.69, 9.17) is 28.5 Å². The van der Waals surface area contributed by atoms with Crippen LogP contribution in [0.15, 0.2) is 66.7 Å². The van der Waals surface area contributed by atoms with E-state index in [0.717, 1.165) is 16.7 Å². The maximum absolute atomic E-state index is 13.3. The molecule has 5 heteroatoms. The summed E-state index contributed by atoms with van der Waals surface area (Å²) in [6.45, 7) is 2.41. The van der Waals surface area contributed by atoms with Crippen molar-refractivity contribution in [3.05, 3.63) is 105 Å². The van der Waals surface area contributed by atoms with E-state index in [9.17, 15) is 4.79 Å². The predicted octanol–water partition coefficient (Wildman–Crippen LogP) is 5.78. The van der Waals surface area contributed by atoms with Crippen molar-refractivity contribution in [3.8, 4) is 6.07 Å². The standard InChI is InChI=1S/C23H16Cl2N2O/c1-23(17-9-11-18(24)12-10-17)21-19(3-2-4-20(21)25)22(28)27(23)14-16-7-5-15(13-26)6-8-16/h2-12H,14H2,1H3. The number of rotatable bonds is 3. The van der Waals surface area contributed by atoms with Gasteiger partial charge in [-0.15, -0.1) is 0 Å². The number of fused-ring (bicyclic) bond motifs is 1. The summed E-state index contributed by atoms with van der Waals surface area (Å²) in [6, 6.07) is 22.3. The zero-order valence-electron chi connectivity index (χ0n) is 15.1. The maximum Gasteiger partial charge on any atom is 0.255 e. The smallest absolute Gasteiger partial charge is 0.255 e. The highest BCUT2D eigenvalue weighted by atomic mass is 35.5. The summed E-state index contributed by atoms with van der Waals surface area (Å²) in [5.41, 5.74) is 3.14.